The fourth-order valence-electron chi connectivity index (χ4n) is 3.39. The second kappa shape index (κ2) is 7.82. The Morgan fingerprint density at radius 1 is 1.15 bits per heavy atom. The van der Waals surface area contributed by atoms with Crippen molar-refractivity contribution in [3.8, 4) is 0 Å². The first-order valence-electron chi connectivity index (χ1n) is 8.62. The van der Waals surface area contributed by atoms with E-state index < -0.39 is 11.6 Å². The van der Waals surface area contributed by atoms with Gasteiger partial charge < -0.3 is 4.90 Å². The summed E-state index contributed by atoms with van der Waals surface area (Å²) < 4.78 is 26.9. The summed E-state index contributed by atoms with van der Waals surface area (Å²) in [5.41, 5.74) is 2.24. The number of halogens is 2. The van der Waals surface area contributed by atoms with Gasteiger partial charge in [-0.15, -0.1) is 23.1 Å². The maximum absolute atomic E-state index is 13.9. The Hall–Kier alpha value is -2.18. The Morgan fingerprint density at radius 3 is 2.74 bits per heavy atom. The zero-order valence-electron chi connectivity index (χ0n) is 14.4. The third-order valence-electron chi connectivity index (χ3n) is 4.65. The molecule has 1 aromatic heterocycles. The molecule has 0 saturated heterocycles. The lowest BCUT2D eigenvalue weighted by Gasteiger charge is -2.36. The van der Waals surface area contributed by atoms with E-state index in [1.54, 1.807) is 11.3 Å². The minimum atomic E-state index is -0.633. The molecule has 2 nitrogen and oxygen atoms in total. The number of hydrogen-bond acceptors (Lipinski definition) is 3. The number of carbonyl (C=O) groups is 1. The first kappa shape index (κ1) is 18.2. The molecule has 1 aliphatic rings. The molecule has 4 rings (SSSR count). The normalized spacial score (nSPS) is 16.2. The average Bonchev–Trinajstić information content (AvgIpc) is 3.15. The van der Waals surface area contributed by atoms with E-state index in [1.807, 2.05) is 35.2 Å². The van der Waals surface area contributed by atoms with Gasteiger partial charge in [0.05, 0.1) is 11.8 Å². The fourth-order valence-corrected chi connectivity index (χ4v) is 5.10. The molecular formula is C21H17F2NOS2. The van der Waals surface area contributed by atoms with Gasteiger partial charge in [-0.2, -0.15) is 0 Å². The van der Waals surface area contributed by atoms with E-state index >= 15 is 0 Å². The van der Waals surface area contributed by atoms with E-state index in [1.165, 1.54) is 22.6 Å². The van der Waals surface area contributed by atoms with Crippen LogP contribution in [0.3, 0.4) is 0 Å². The van der Waals surface area contributed by atoms with Gasteiger partial charge in [0.2, 0.25) is 5.91 Å². The van der Waals surface area contributed by atoms with Crippen LogP contribution >= 0.6 is 23.1 Å². The van der Waals surface area contributed by atoms with Crippen molar-refractivity contribution in [2.24, 2.45) is 0 Å². The Kier molecular flexibility index (Phi) is 5.27. The van der Waals surface area contributed by atoms with Crippen molar-refractivity contribution >= 4 is 29.0 Å². The van der Waals surface area contributed by atoms with Crippen LogP contribution in [0.2, 0.25) is 0 Å². The molecule has 0 N–H and O–H groups in total. The molecule has 27 heavy (non-hydrogen) atoms. The van der Waals surface area contributed by atoms with Gasteiger partial charge in [-0.25, -0.2) is 8.78 Å². The van der Waals surface area contributed by atoms with Crippen LogP contribution in [0.4, 0.5) is 8.78 Å². The molecule has 0 spiro atoms. The first-order valence-corrected chi connectivity index (χ1v) is 10.5. The van der Waals surface area contributed by atoms with Gasteiger partial charge in [-0.05, 0) is 41.1 Å². The van der Waals surface area contributed by atoms with Crippen molar-refractivity contribution < 1.29 is 13.6 Å². The molecule has 3 aromatic rings. The van der Waals surface area contributed by atoms with E-state index in [9.17, 15) is 13.6 Å². The highest BCUT2D eigenvalue weighted by atomic mass is 32.2. The summed E-state index contributed by atoms with van der Waals surface area (Å²) in [5, 5.41) is 2.07. The van der Waals surface area contributed by atoms with Gasteiger partial charge in [-0.1, -0.05) is 30.3 Å². The molecule has 2 heterocycles. The predicted octanol–water partition coefficient (Wildman–Crippen LogP) is 5.29. The SMILES string of the molecule is O=C(CSc1ccc(F)cc1F)N1CCc2sccc2C1c1ccccc1. The molecule has 1 unspecified atom stereocenters. The predicted molar refractivity (Wildman–Crippen MR) is 105 cm³/mol. The summed E-state index contributed by atoms with van der Waals surface area (Å²) in [6.45, 7) is 0.637. The van der Waals surface area contributed by atoms with E-state index in [2.05, 4.69) is 11.4 Å². The monoisotopic (exact) mass is 401 g/mol. The number of nitrogens with zero attached hydrogens (tertiary/aromatic N) is 1. The molecular weight excluding hydrogens is 384 g/mol. The van der Waals surface area contributed by atoms with Crippen LogP contribution in [-0.4, -0.2) is 23.1 Å². The lowest BCUT2D eigenvalue weighted by molar-refractivity contribution is -0.130. The smallest absolute Gasteiger partial charge is 0.233 e. The van der Waals surface area contributed by atoms with Gasteiger partial charge in [-0.3, -0.25) is 4.79 Å². The Morgan fingerprint density at radius 2 is 1.96 bits per heavy atom. The molecule has 0 aliphatic carbocycles. The van der Waals surface area contributed by atoms with Gasteiger partial charge in [0, 0.05) is 22.4 Å². The number of fused-ring (bicyclic) bond motifs is 1. The van der Waals surface area contributed by atoms with Crippen molar-refractivity contribution in [1.82, 2.24) is 4.90 Å². The van der Waals surface area contributed by atoms with Gasteiger partial charge in [0.1, 0.15) is 11.6 Å². The molecule has 0 radical (unpaired) electrons. The number of rotatable bonds is 4. The third-order valence-corrected chi connectivity index (χ3v) is 6.68. The molecule has 0 bridgehead atoms. The highest BCUT2D eigenvalue weighted by Crippen LogP contribution is 2.38. The standard InChI is InChI=1S/C21H17F2NOS2/c22-15-6-7-19(17(23)12-15)27-13-20(25)24-10-8-18-16(9-11-26-18)21(24)14-4-2-1-3-5-14/h1-7,9,11-12,21H,8,10,13H2. The molecule has 0 saturated carbocycles. The topological polar surface area (TPSA) is 20.3 Å². The summed E-state index contributed by atoms with van der Waals surface area (Å²) in [7, 11) is 0. The molecule has 2 aromatic carbocycles. The summed E-state index contributed by atoms with van der Waals surface area (Å²) >= 11 is 2.83. The number of amides is 1. The molecule has 1 atom stereocenters. The van der Waals surface area contributed by atoms with Gasteiger partial charge >= 0.3 is 0 Å². The van der Waals surface area contributed by atoms with Crippen LogP contribution in [0.15, 0.2) is 64.9 Å². The van der Waals surface area contributed by atoms with Crippen LogP contribution in [0, 0.1) is 11.6 Å². The van der Waals surface area contributed by atoms with Crippen molar-refractivity contribution in [1.29, 1.82) is 0 Å². The van der Waals surface area contributed by atoms with E-state index in [0.29, 0.717) is 6.54 Å². The second-order valence-electron chi connectivity index (χ2n) is 6.31. The van der Waals surface area contributed by atoms with Crippen molar-refractivity contribution in [3.05, 3.63) is 87.6 Å². The highest BCUT2D eigenvalue weighted by Gasteiger charge is 2.32. The maximum atomic E-state index is 13.9. The lowest BCUT2D eigenvalue weighted by atomic mass is 9.93. The largest absolute Gasteiger partial charge is 0.330 e. The minimum absolute atomic E-state index is 0.0468. The molecule has 0 fully saturated rings. The number of benzene rings is 2. The summed E-state index contributed by atoms with van der Waals surface area (Å²) in [6, 6.07) is 15.4. The third kappa shape index (κ3) is 3.77. The lowest BCUT2D eigenvalue weighted by Crippen LogP contribution is -2.41. The zero-order valence-corrected chi connectivity index (χ0v) is 16.0. The van der Waals surface area contributed by atoms with Crippen LogP contribution in [0.25, 0.3) is 0 Å². The highest BCUT2D eigenvalue weighted by molar-refractivity contribution is 8.00. The minimum Gasteiger partial charge on any atom is -0.330 e. The van der Waals surface area contributed by atoms with Crippen LogP contribution < -0.4 is 0 Å². The summed E-state index contributed by atoms with van der Waals surface area (Å²) in [4.78, 5) is 16.4. The number of thiophene rings is 1. The fraction of sp³-hybridized carbons (Fsp3) is 0.190. The Balaban J connectivity index is 1.57. The number of carbonyl (C=O) groups excluding carboxylic acids is 1. The van der Waals surface area contributed by atoms with Crippen molar-refractivity contribution in [2.45, 2.75) is 17.4 Å². The molecule has 6 heteroatoms. The molecule has 1 aliphatic heterocycles. The summed E-state index contributed by atoms with van der Waals surface area (Å²) in [5.74, 6) is -1.18. The first-order chi connectivity index (χ1) is 13.1. The zero-order chi connectivity index (χ0) is 18.8. The van der Waals surface area contributed by atoms with Crippen molar-refractivity contribution in [3.63, 3.8) is 0 Å². The van der Waals surface area contributed by atoms with Crippen LogP contribution in [0.1, 0.15) is 22.0 Å². The van der Waals surface area contributed by atoms with Crippen molar-refractivity contribution in [2.75, 3.05) is 12.3 Å². The van der Waals surface area contributed by atoms with Crippen LogP contribution in [-0.2, 0) is 11.2 Å². The number of thioether (sulfide) groups is 1. The van der Waals surface area contributed by atoms with E-state index in [-0.39, 0.29) is 22.6 Å². The van der Waals surface area contributed by atoms with E-state index in [0.717, 1.165) is 29.8 Å². The average molecular weight is 402 g/mol. The Labute approximate surface area is 164 Å². The number of hydrogen-bond donors (Lipinski definition) is 0. The van der Waals surface area contributed by atoms with Crippen LogP contribution in [0.5, 0.6) is 0 Å². The summed E-state index contributed by atoms with van der Waals surface area (Å²) in [6.07, 6.45) is 0.831. The van der Waals surface area contributed by atoms with E-state index in [4.69, 9.17) is 0 Å². The molecule has 138 valence electrons. The Bertz CT molecular complexity index is 958. The maximum Gasteiger partial charge on any atom is 0.233 e. The molecule has 1 amide bonds. The second-order valence-corrected chi connectivity index (χ2v) is 8.33. The van der Waals surface area contributed by atoms with Gasteiger partial charge in [0.25, 0.3) is 0 Å². The van der Waals surface area contributed by atoms with Gasteiger partial charge in [0.15, 0.2) is 0 Å². The quantitative estimate of drug-likeness (QED) is 0.554.